The van der Waals surface area contributed by atoms with Crippen molar-refractivity contribution in [3.05, 3.63) is 0 Å². The Bertz CT molecular complexity index is 365. The fraction of sp³-hybridized carbons (Fsp3) is 1.00. The number of rotatable bonds is 14. The van der Waals surface area contributed by atoms with Gasteiger partial charge in [0.25, 0.3) is 0 Å². The van der Waals surface area contributed by atoms with Crippen molar-refractivity contribution in [1.29, 1.82) is 0 Å². The average Bonchev–Trinajstić information content (AvgIpc) is 2.59. The van der Waals surface area contributed by atoms with Crippen LogP contribution in [0.2, 0.25) is 0 Å². The molecular formula is C19H44N2O3S. The van der Waals surface area contributed by atoms with Crippen molar-refractivity contribution >= 4 is 10.1 Å². The molecule has 0 fully saturated rings. The van der Waals surface area contributed by atoms with Crippen LogP contribution in [0.5, 0.6) is 0 Å². The van der Waals surface area contributed by atoms with Crippen molar-refractivity contribution in [2.45, 2.75) is 73.6 Å². The number of hydrogen-bond acceptors (Lipinski definition) is 4. The lowest BCUT2D eigenvalue weighted by molar-refractivity contribution is -0.921. The zero-order valence-electron chi connectivity index (χ0n) is 17.6. The monoisotopic (exact) mass is 380 g/mol. The predicted octanol–water partition coefficient (Wildman–Crippen LogP) is 3.61. The van der Waals surface area contributed by atoms with Crippen molar-refractivity contribution in [3.63, 3.8) is 0 Å². The Labute approximate surface area is 157 Å². The first-order valence-electron chi connectivity index (χ1n) is 10.2. The minimum absolute atomic E-state index is 0.258. The minimum Gasteiger partial charge on any atom is -0.748 e. The number of quaternary nitrogens is 1. The third kappa shape index (κ3) is 15.8. The lowest BCUT2D eigenvalue weighted by Crippen LogP contribution is -2.47. The number of unbranched alkanes of at least 4 members (excludes halogenated alkanes) is 1. The lowest BCUT2D eigenvalue weighted by atomic mass is 9.99. The largest absolute Gasteiger partial charge is 0.748 e. The van der Waals surface area contributed by atoms with E-state index in [0.29, 0.717) is 18.9 Å². The fourth-order valence-electron chi connectivity index (χ4n) is 2.97. The second-order valence-corrected chi connectivity index (χ2v) is 8.37. The van der Waals surface area contributed by atoms with E-state index >= 15 is 0 Å². The molecule has 0 saturated carbocycles. The lowest BCUT2D eigenvalue weighted by Gasteiger charge is -2.34. The van der Waals surface area contributed by atoms with Crippen LogP contribution in [0, 0.1) is 5.92 Å². The van der Waals surface area contributed by atoms with Crippen molar-refractivity contribution < 1.29 is 17.5 Å². The van der Waals surface area contributed by atoms with Gasteiger partial charge < -0.3 is 14.4 Å². The molecule has 0 aliphatic carbocycles. The molecule has 1 unspecified atom stereocenters. The zero-order chi connectivity index (χ0) is 19.8. The normalized spacial score (nSPS) is 13.2. The number of hydrogen-bond donors (Lipinski definition) is 1. The molecule has 6 heteroatoms. The summed E-state index contributed by atoms with van der Waals surface area (Å²) in [5.41, 5.74) is 0. The van der Waals surface area contributed by atoms with Crippen LogP contribution in [0.1, 0.15) is 73.6 Å². The summed E-state index contributed by atoms with van der Waals surface area (Å²) < 4.78 is 32.3. The topological polar surface area (TPSA) is 69.2 Å². The molecule has 0 spiro atoms. The van der Waals surface area contributed by atoms with E-state index in [1.807, 2.05) is 0 Å². The van der Waals surface area contributed by atoms with Crippen LogP contribution in [0.25, 0.3) is 0 Å². The molecule has 0 aliphatic heterocycles. The van der Waals surface area contributed by atoms with Crippen LogP contribution in [0.3, 0.4) is 0 Å². The maximum atomic E-state index is 10.3. The standard InChI is InChI=1S/C11H25NO3S.C8H20N/c1-3-5-7-11(4-2)10-12-8-6-9-16(13,14)15;1-5-9(6-2,7-3)8-4/h11-12H,3-10H2,1-2H3,(H,13,14,15);5-8H2,1-4H3/q;+1/p-1. The first-order valence-corrected chi connectivity index (χ1v) is 11.8. The Morgan fingerprint density at radius 2 is 1.44 bits per heavy atom. The van der Waals surface area contributed by atoms with Gasteiger partial charge in [-0.1, -0.05) is 33.1 Å². The Balaban J connectivity index is 0. The second kappa shape index (κ2) is 16.0. The third-order valence-electron chi connectivity index (χ3n) is 5.41. The molecule has 5 nitrogen and oxygen atoms in total. The Kier molecular flexibility index (Phi) is 17.4. The van der Waals surface area contributed by atoms with Gasteiger partial charge in [-0.15, -0.1) is 0 Å². The molecule has 0 aromatic rings. The summed E-state index contributed by atoms with van der Waals surface area (Å²) in [5, 5.41) is 3.21. The van der Waals surface area contributed by atoms with E-state index in [-0.39, 0.29) is 5.75 Å². The Morgan fingerprint density at radius 1 is 0.920 bits per heavy atom. The summed E-state index contributed by atoms with van der Waals surface area (Å²) in [4.78, 5) is 0. The highest BCUT2D eigenvalue weighted by Gasteiger charge is 2.16. The van der Waals surface area contributed by atoms with Gasteiger partial charge in [-0.2, -0.15) is 0 Å². The minimum atomic E-state index is -4.03. The van der Waals surface area contributed by atoms with Gasteiger partial charge in [0, 0.05) is 5.75 Å². The molecular weight excluding hydrogens is 336 g/mol. The van der Waals surface area contributed by atoms with Crippen LogP contribution in [0.4, 0.5) is 0 Å². The molecule has 0 amide bonds. The van der Waals surface area contributed by atoms with Gasteiger partial charge in [0.15, 0.2) is 0 Å². The molecule has 0 radical (unpaired) electrons. The molecule has 0 bridgehead atoms. The highest BCUT2D eigenvalue weighted by atomic mass is 32.2. The zero-order valence-corrected chi connectivity index (χ0v) is 18.5. The van der Waals surface area contributed by atoms with Gasteiger partial charge >= 0.3 is 0 Å². The molecule has 25 heavy (non-hydrogen) atoms. The van der Waals surface area contributed by atoms with Crippen LogP contribution in [-0.4, -0.2) is 62.5 Å². The van der Waals surface area contributed by atoms with Crippen LogP contribution < -0.4 is 5.32 Å². The predicted molar refractivity (Wildman–Crippen MR) is 108 cm³/mol. The number of nitrogens with zero attached hydrogens (tertiary/aromatic N) is 1. The van der Waals surface area contributed by atoms with Gasteiger partial charge in [0.2, 0.25) is 0 Å². The van der Waals surface area contributed by atoms with Gasteiger partial charge in [-0.25, -0.2) is 8.42 Å². The summed E-state index contributed by atoms with van der Waals surface area (Å²) in [6.45, 7) is 20.1. The molecule has 154 valence electrons. The van der Waals surface area contributed by atoms with E-state index < -0.39 is 10.1 Å². The summed E-state index contributed by atoms with van der Waals surface area (Å²) >= 11 is 0. The second-order valence-electron chi connectivity index (χ2n) is 6.84. The molecule has 0 saturated heterocycles. The third-order valence-corrected chi connectivity index (χ3v) is 6.20. The quantitative estimate of drug-likeness (QED) is 0.284. The number of nitrogens with one attached hydrogen (secondary N) is 1. The van der Waals surface area contributed by atoms with Crippen LogP contribution in [-0.2, 0) is 10.1 Å². The average molecular weight is 381 g/mol. The van der Waals surface area contributed by atoms with E-state index in [1.165, 1.54) is 49.9 Å². The summed E-state index contributed by atoms with van der Waals surface area (Å²) in [6.07, 6.45) is 5.24. The van der Waals surface area contributed by atoms with Gasteiger partial charge in [-0.3, -0.25) is 0 Å². The Hall–Kier alpha value is -0.170. The van der Waals surface area contributed by atoms with Gasteiger partial charge in [0.1, 0.15) is 0 Å². The highest BCUT2D eigenvalue weighted by molar-refractivity contribution is 7.85. The van der Waals surface area contributed by atoms with Gasteiger partial charge in [0.05, 0.1) is 36.3 Å². The van der Waals surface area contributed by atoms with Crippen LogP contribution in [0.15, 0.2) is 0 Å². The van der Waals surface area contributed by atoms with Crippen LogP contribution >= 0.6 is 0 Å². The first kappa shape index (κ1) is 27.1. The smallest absolute Gasteiger partial charge is 0.0946 e. The van der Waals surface area contributed by atoms with E-state index in [9.17, 15) is 13.0 Å². The van der Waals surface area contributed by atoms with Gasteiger partial charge in [-0.05, 0) is 59.5 Å². The molecule has 0 rings (SSSR count). The Morgan fingerprint density at radius 3 is 1.76 bits per heavy atom. The van der Waals surface area contributed by atoms with E-state index in [0.717, 1.165) is 13.0 Å². The summed E-state index contributed by atoms with van der Waals surface area (Å²) in [6, 6.07) is 0. The van der Waals surface area contributed by atoms with Crippen molar-refractivity contribution in [2.75, 3.05) is 45.0 Å². The highest BCUT2D eigenvalue weighted by Crippen LogP contribution is 2.11. The molecule has 0 aromatic carbocycles. The fourth-order valence-corrected chi connectivity index (χ4v) is 3.46. The molecule has 0 heterocycles. The SMILES string of the molecule is CCCCC(CC)CNCCCS(=O)(=O)[O-].CC[N+](CC)(CC)CC. The van der Waals surface area contributed by atoms with E-state index in [1.54, 1.807) is 0 Å². The molecule has 1 N–H and O–H groups in total. The maximum Gasteiger partial charge on any atom is 0.0946 e. The van der Waals surface area contributed by atoms with E-state index in [2.05, 4.69) is 46.9 Å². The molecule has 0 aliphatic rings. The summed E-state index contributed by atoms with van der Waals surface area (Å²) in [5.74, 6) is 0.412. The van der Waals surface area contributed by atoms with E-state index in [4.69, 9.17) is 0 Å². The first-order chi connectivity index (χ1) is 11.7. The molecule has 1 atom stereocenters. The van der Waals surface area contributed by atoms with Crippen molar-refractivity contribution in [3.8, 4) is 0 Å². The maximum absolute atomic E-state index is 10.3. The van der Waals surface area contributed by atoms with Crippen molar-refractivity contribution in [2.24, 2.45) is 5.92 Å². The molecule has 0 aromatic heterocycles. The van der Waals surface area contributed by atoms with Crippen molar-refractivity contribution in [1.82, 2.24) is 5.32 Å². The summed E-state index contributed by atoms with van der Waals surface area (Å²) in [7, 11) is -4.03.